The summed E-state index contributed by atoms with van der Waals surface area (Å²) in [4.78, 5) is 34.1. The number of rotatable bonds is 2. The number of hydrogen-bond donors (Lipinski definition) is 0. The number of hydrogen-bond acceptors (Lipinski definition) is 6. The molecular formula is C13H16O6. The topological polar surface area (TPSA) is 78.9 Å². The SMILES string of the molecule is CC(=O)O[C@@H]1[C@@H]2C[C@H](OC(C)=O)[C@H]1[C@@H]1COC(=O)[C@H]12. The quantitative estimate of drug-likeness (QED) is 0.529. The lowest BCUT2D eigenvalue weighted by Crippen LogP contribution is -2.35. The summed E-state index contributed by atoms with van der Waals surface area (Å²) in [5, 5.41) is 0. The van der Waals surface area contributed by atoms with Crippen molar-refractivity contribution in [1.29, 1.82) is 0 Å². The first kappa shape index (κ1) is 12.4. The van der Waals surface area contributed by atoms with Gasteiger partial charge in [-0.2, -0.15) is 0 Å². The second-order valence-corrected chi connectivity index (χ2v) is 5.52. The van der Waals surface area contributed by atoms with E-state index in [2.05, 4.69) is 0 Å². The van der Waals surface area contributed by atoms with E-state index in [1.165, 1.54) is 13.8 Å². The Morgan fingerprint density at radius 1 is 1.16 bits per heavy atom. The van der Waals surface area contributed by atoms with Crippen LogP contribution >= 0.6 is 0 Å². The molecule has 0 amide bonds. The van der Waals surface area contributed by atoms with Gasteiger partial charge in [0.2, 0.25) is 0 Å². The van der Waals surface area contributed by atoms with E-state index in [0.29, 0.717) is 13.0 Å². The fraction of sp³-hybridized carbons (Fsp3) is 0.769. The van der Waals surface area contributed by atoms with E-state index in [-0.39, 0.29) is 53.8 Å². The van der Waals surface area contributed by atoms with Crippen molar-refractivity contribution in [2.24, 2.45) is 23.7 Å². The fourth-order valence-corrected chi connectivity index (χ4v) is 4.02. The van der Waals surface area contributed by atoms with E-state index < -0.39 is 0 Å². The third-order valence-electron chi connectivity index (χ3n) is 4.46. The van der Waals surface area contributed by atoms with Crippen molar-refractivity contribution < 1.29 is 28.6 Å². The molecule has 0 spiro atoms. The van der Waals surface area contributed by atoms with Crippen LogP contribution < -0.4 is 0 Å². The van der Waals surface area contributed by atoms with Crippen molar-refractivity contribution in [3.8, 4) is 0 Å². The summed E-state index contributed by atoms with van der Waals surface area (Å²) in [7, 11) is 0. The molecule has 2 saturated carbocycles. The van der Waals surface area contributed by atoms with Crippen LogP contribution in [0.4, 0.5) is 0 Å². The molecule has 6 atom stereocenters. The van der Waals surface area contributed by atoms with Crippen LogP contribution in [0.5, 0.6) is 0 Å². The summed E-state index contributed by atoms with van der Waals surface area (Å²) < 4.78 is 15.7. The highest BCUT2D eigenvalue weighted by Gasteiger charge is 2.66. The van der Waals surface area contributed by atoms with Gasteiger partial charge in [0, 0.05) is 31.6 Å². The molecule has 6 heteroatoms. The van der Waals surface area contributed by atoms with Crippen molar-refractivity contribution in [3.05, 3.63) is 0 Å². The highest BCUT2D eigenvalue weighted by molar-refractivity contribution is 5.77. The van der Waals surface area contributed by atoms with Gasteiger partial charge in [-0.25, -0.2) is 0 Å². The minimum Gasteiger partial charge on any atom is -0.465 e. The molecule has 0 radical (unpaired) electrons. The van der Waals surface area contributed by atoms with Crippen molar-refractivity contribution in [1.82, 2.24) is 0 Å². The molecule has 0 aromatic rings. The van der Waals surface area contributed by atoms with Gasteiger partial charge in [-0.3, -0.25) is 14.4 Å². The summed E-state index contributed by atoms with van der Waals surface area (Å²) >= 11 is 0. The van der Waals surface area contributed by atoms with E-state index in [0.717, 1.165) is 0 Å². The Kier molecular flexibility index (Phi) is 2.76. The smallest absolute Gasteiger partial charge is 0.309 e. The molecule has 6 nitrogen and oxygen atoms in total. The average molecular weight is 268 g/mol. The van der Waals surface area contributed by atoms with Crippen LogP contribution in [0.2, 0.25) is 0 Å². The molecule has 0 N–H and O–H groups in total. The summed E-state index contributed by atoms with van der Waals surface area (Å²) in [6, 6.07) is 0. The summed E-state index contributed by atoms with van der Waals surface area (Å²) in [5.74, 6) is -1.33. The maximum atomic E-state index is 11.7. The number of carbonyl (C=O) groups is 3. The molecule has 19 heavy (non-hydrogen) atoms. The summed E-state index contributed by atoms with van der Waals surface area (Å²) in [6.45, 7) is 3.05. The van der Waals surface area contributed by atoms with Crippen molar-refractivity contribution in [2.75, 3.05) is 6.61 Å². The van der Waals surface area contributed by atoms with Gasteiger partial charge in [0.1, 0.15) is 12.2 Å². The highest BCUT2D eigenvalue weighted by atomic mass is 16.6. The third kappa shape index (κ3) is 1.81. The van der Waals surface area contributed by atoms with E-state index in [1.54, 1.807) is 0 Å². The van der Waals surface area contributed by atoms with Crippen LogP contribution in [0.25, 0.3) is 0 Å². The van der Waals surface area contributed by atoms with Crippen molar-refractivity contribution in [2.45, 2.75) is 32.5 Å². The number of ether oxygens (including phenoxy) is 3. The zero-order chi connectivity index (χ0) is 13.7. The summed E-state index contributed by atoms with van der Waals surface area (Å²) in [5.41, 5.74) is 0. The lowest BCUT2D eigenvalue weighted by Gasteiger charge is -2.27. The molecule has 1 heterocycles. The molecule has 3 rings (SSSR count). The van der Waals surface area contributed by atoms with Gasteiger partial charge in [-0.05, 0) is 6.42 Å². The lowest BCUT2D eigenvalue weighted by molar-refractivity contribution is -0.155. The van der Waals surface area contributed by atoms with Crippen LogP contribution in [0, 0.1) is 23.7 Å². The molecule has 0 aromatic heterocycles. The minimum absolute atomic E-state index is 0.0000463. The predicted molar refractivity (Wildman–Crippen MR) is 60.6 cm³/mol. The van der Waals surface area contributed by atoms with E-state index in [9.17, 15) is 14.4 Å². The van der Waals surface area contributed by atoms with E-state index in [1.807, 2.05) is 0 Å². The van der Waals surface area contributed by atoms with Gasteiger partial charge in [0.05, 0.1) is 12.5 Å². The van der Waals surface area contributed by atoms with Crippen LogP contribution in [0.1, 0.15) is 20.3 Å². The number of cyclic esters (lactones) is 1. The molecule has 3 fully saturated rings. The zero-order valence-electron chi connectivity index (χ0n) is 10.8. The van der Waals surface area contributed by atoms with Crippen LogP contribution in [-0.2, 0) is 28.6 Å². The molecule has 104 valence electrons. The Balaban J connectivity index is 1.85. The molecule has 0 unspecified atom stereocenters. The lowest BCUT2D eigenvalue weighted by atomic mass is 9.80. The Hall–Kier alpha value is -1.59. The standard InChI is InChI=1S/C13H16O6/c1-5(14)18-9-3-7-10-8(4-17-13(10)16)11(9)12(7)19-6(2)15/h7-12H,3-4H2,1-2H3/t7-,8-,9+,10+,11-,12-/m1/s1. The maximum absolute atomic E-state index is 11.7. The van der Waals surface area contributed by atoms with Gasteiger partial charge in [0.25, 0.3) is 0 Å². The third-order valence-corrected chi connectivity index (χ3v) is 4.46. The second-order valence-electron chi connectivity index (χ2n) is 5.52. The normalized spacial score (nSPS) is 42.7. The van der Waals surface area contributed by atoms with Gasteiger partial charge < -0.3 is 14.2 Å². The Morgan fingerprint density at radius 2 is 1.84 bits per heavy atom. The average Bonchev–Trinajstić information content (AvgIpc) is 2.89. The van der Waals surface area contributed by atoms with Gasteiger partial charge in [-0.15, -0.1) is 0 Å². The maximum Gasteiger partial charge on any atom is 0.309 e. The minimum atomic E-state index is -0.364. The zero-order valence-corrected chi connectivity index (χ0v) is 10.8. The Bertz CT molecular complexity index is 444. The molecule has 1 saturated heterocycles. The molecule has 1 aliphatic heterocycles. The molecule has 3 aliphatic rings. The number of esters is 3. The second kappa shape index (κ2) is 4.21. The monoisotopic (exact) mass is 268 g/mol. The first-order valence-corrected chi connectivity index (χ1v) is 6.50. The van der Waals surface area contributed by atoms with E-state index in [4.69, 9.17) is 14.2 Å². The number of carbonyl (C=O) groups excluding carboxylic acids is 3. The fourth-order valence-electron chi connectivity index (χ4n) is 4.02. The molecular weight excluding hydrogens is 252 g/mol. The first-order chi connectivity index (χ1) is 8.99. The van der Waals surface area contributed by atoms with Crippen LogP contribution in [0.3, 0.4) is 0 Å². The van der Waals surface area contributed by atoms with Gasteiger partial charge in [0.15, 0.2) is 0 Å². The molecule has 0 aromatic carbocycles. The van der Waals surface area contributed by atoms with Gasteiger partial charge in [-0.1, -0.05) is 0 Å². The Labute approximate surface area is 110 Å². The van der Waals surface area contributed by atoms with Crippen LogP contribution in [0.15, 0.2) is 0 Å². The van der Waals surface area contributed by atoms with Gasteiger partial charge >= 0.3 is 17.9 Å². The largest absolute Gasteiger partial charge is 0.465 e. The highest BCUT2D eigenvalue weighted by Crippen LogP contribution is 2.57. The van der Waals surface area contributed by atoms with Crippen molar-refractivity contribution >= 4 is 17.9 Å². The Morgan fingerprint density at radius 3 is 2.47 bits per heavy atom. The number of fused-ring (bicyclic) bond motifs is 5. The van der Waals surface area contributed by atoms with E-state index >= 15 is 0 Å². The first-order valence-electron chi connectivity index (χ1n) is 6.50. The summed E-state index contributed by atoms with van der Waals surface area (Å²) in [6.07, 6.45) is -0.0364. The predicted octanol–water partition coefficient (Wildman–Crippen LogP) is 0.289. The van der Waals surface area contributed by atoms with Crippen LogP contribution in [-0.4, -0.2) is 36.7 Å². The van der Waals surface area contributed by atoms with Crippen molar-refractivity contribution in [3.63, 3.8) is 0 Å². The molecule has 2 bridgehead atoms. The molecule has 2 aliphatic carbocycles.